The van der Waals surface area contributed by atoms with Crippen molar-refractivity contribution in [3.8, 4) is 5.75 Å². The number of unbranched alkanes of at least 4 members (excludes halogenated alkanes) is 5. The van der Waals surface area contributed by atoms with E-state index in [0.29, 0.717) is 12.2 Å². The zero-order chi connectivity index (χ0) is 17.9. The van der Waals surface area contributed by atoms with Crippen LogP contribution in [-0.2, 0) is 9.53 Å². The SMILES string of the molecule is C=C(C)C(=O)OCCCCCCCCOc1cccc2ccccc12. The van der Waals surface area contributed by atoms with E-state index in [1.54, 1.807) is 6.92 Å². The molecule has 3 nitrogen and oxygen atoms in total. The Morgan fingerprint density at radius 1 is 0.880 bits per heavy atom. The van der Waals surface area contributed by atoms with Gasteiger partial charge in [0.15, 0.2) is 0 Å². The van der Waals surface area contributed by atoms with Gasteiger partial charge in [-0.2, -0.15) is 0 Å². The van der Waals surface area contributed by atoms with Gasteiger partial charge in [0.1, 0.15) is 5.75 Å². The summed E-state index contributed by atoms with van der Waals surface area (Å²) in [6, 6.07) is 14.5. The number of hydrogen-bond acceptors (Lipinski definition) is 3. The van der Waals surface area contributed by atoms with Gasteiger partial charge in [-0.1, -0.05) is 68.7 Å². The molecule has 0 aliphatic carbocycles. The van der Waals surface area contributed by atoms with Crippen LogP contribution in [0.2, 0.25) is 0 Å². The highest BCUT2D eigenvalue weighted by atomic mass is 16.5. The molecule has 0 saturated carbocycles. The summed E-state index contributed by atoms with van der Waals surface area (Å²) in [6.07, 6.45) is 6.59. The lowest BCUT2D eigenvalue weighted by molar-refractivity contribution is -0.139. The number of carbonyl (C=O) groups is 1. The summed E-state index contributed by atoms with van der Waals surface area (Å²) < 4.78 is 11.0. The topological polar surface area (TPSA) is 35.5 Å². The van der Waals surface area contributed by atoms with Crippen LogP contribution in [-0.4, -0.2) is 19.2 Å². The van der Waals surface area contributed by atoms with Crippen LogP contribution in [0, 0.1) is 0 Å². The average molecular weight is 340 g/mol. The van der Waals surface area contributed by atoms with E-state index in [1.807, 2.05) is 24.3 Å². The Balaban J connectivity index is 1.52. The quantitative estimate of drug-likeness (QED) is 0.300. The highest BCUT2D eigenvalue weighted by Crippen LogP contribution is 2.25. The maximum absolute atomic E-state index is 11.2. The molecule has 0 amide bonds. The van der Waals surface area contributed by atoms with E-state index in [0.717, 1.165) is 38.0 Å². The van der Waals surface area contributed by atoms with Crippen LogP contribution in [0.15, 0.2) is 54.6 Å². The number of hydrogen-bond donors (Lipinski definition) is 0. The van der Waals surface area contributed by atoms with Gasteiger partial charge < -0.3 is 9.47 Å². The van der Waals surface area contributed by atoms with Crippen molar-refractivity contribution >= 4 is 16.7 Å². The fraction of sp³-hybridized carbons (Fsp3) is 0.409. The normalized spacial score (nSPS) is 10.6. The minimum absolute atomic E-state index is 0.286. The zero-order valence-electron chi connectivity index (χ0n) is 15.1. The fourth-order valence-corrected chi connectivity index (χ4v) is 2.70. The van der Waals surface area contributed by atoms with E-state index in [9.17, 15) is 4.79 Å². The van der Waals surface area contributed by atoms with E-state index in [-0.39, 0.29) is 5.97 Å². The molecule has 3 heteroatoms. The van der Waals surface area contributed by atoms with E-state index in [2.05, 4.69) is 24.8 Å². The molecule has 0 aliphatic heterocycles. The Labute approximate surface area is 150 Å². The van der Waals surface area contributed by atoms with Crippen LogP contribution in [0.3, 0.4) is 0 Å². The summed E-state index contributed by atoms with van der Waals surface area (Å²) >= 11 is 0. The van der Waals surface area contributed by atoms with Gasteiger partial charge in [0, 0.05) is 11.0 Å². The van der Waals surface area contributed by atoms with Crippen molar-refractivity contribution in [3.63, 3.8) is 0 Å². The molecule has 134 valence electrons. The first-order chi connectivity index (χ1) is 12.2. The smallest absolute Gasteiger partial charge is 0.333 e. The molecule has 0 atom stereocenters. The first kappa shape index (κ1) is 19.0. The van der Waals surface area contributed by atoms with Crippen LogP contribution < -0.4 is 4.74 Å². The highest BCUT2D eigenvalue weighted by molar-refractivity contribution is 5.88. The number of fused-ring (bicyclic) bond motifs is 1. The summed E-state index contributed by atoms with van der Waals surface area (Å²) in [4.78, 5) is 11.2. The van der Waals surface area contributed by atoms with Gasteiger partial charge in [-0.05, 0) is 31.2 Å². The molecule has 2 aromatic rings. The fourth-order valence-electron chi connectivity index (χ4n) is 2.70. The highest BCUT2D eigenvalue weighted by Gasteiger charge is 2.02. The largest absolute Gasteiger partial charge is 0.493 e. The van der Waals surface area contributed by atoms with Gasteiger partial charge >= 0.3 is 5.97 Å². The van der Waals surface area contributed by atoms with Crippen LogP contribution in [0.5, 0.6) is 5.75 Å². The van der Waals surface area contributed by atoms with Crippen LogP contribution in [0.25, 0.3) is 10.8 Å². The van der Waals surface area contributed by atoms with Crippen molar-refractivity contribution in [2.45, 2.75) is 45.4 Å². The summed E-state index contributed by atoms with van der Waals surface area (Å²) in [5.74, 6) is 0.683. The Bertz CT molecular complexity index is 685. The van der Waals surface area contributed by atoms with Gasteiger partial charge in [0.25, 0.3) is 0 Å². The monoisotopic (exact) mass is 340 g/mol. The van der Waals surface area contributed by atoms with Crippen molar-refractivity contribution < 1.29 is 14.3 Å². The maximum Gasteiger partial charge on any atom is 0.333 e. The molecule has 0 bridgehead atoms. The van der Waals surface area contributed by atoms with E-state index in [4.69, 9.17) is 9.47 Å². The van der Waals surface area contributed by atoms with E-state index in [1.165, 1.54) is 23.6 Å². The van der Waals surface area contributed by atoms with Gasteiger partial charge in [0.2, 0.25) is 0 Å². The van der Waals surface area contributed by atoms with Gasteiger partial charge in [-0.3, -0.25) is 0 Å². The Morgan fingerprint density at radius 3 is 2.28 bits per heavy atom. The van der Waals surface area contributed by atoms with Crippen molar-refractivity contribution in [3.05, 3.63) is 54.6 Å². The third-order valence-corrected chi connectivity index (χ3v) is 4.13. The minimum Gasteiger partial charge on any atom is -0.493 e. The molecule has 0 aliphatic rings. The molecular weight excluding hydrogens is 312 g/mol. The van der Waals surface area contributed by atoms with Crippen LogP contribution in [0.1, 0.15) is 45.4 Å². The molecule has 2 aromatic carbocycles. The third kappa shape index (κ3) is 6.61. The summed E-state index contributed by atoms with van der Waals surface area (Å²) in [6.45, 7) is 6.48. The maximum atomic E-state index is 11.2. The number of rotatable bonds is 11. The Kier molecular flexibility index (Phi) is 8.03. The van der Waals surface area contributed by atoms with Gasteiger partial charge in [-0.25, -0.2) is 4.79 Å². The molecule has 0 radical (unpaired) electrons. The lowest BCUT2D eigenvalue weighted by atomic mass is 10.1. The second-order valence-electron chi connectivity index (χ2n) is 6.36. The predicted octanol–water partition coefficient (Wildman–Crippen LogP) is 5.68. The molecule has 0 fully saturated rings. The first-order valence-electron chi connectivity index (χ1n) is 9.11. The molecule has 2 rings (SSSR count). The van der Waals surface area contributed by atoms with E-state index >= 15 is 0 Å². The van der Waals surface area contributed by atoms with E-state index < -0.39 is 0 Å². The first-order valence-corrected chi connectivity index (χ1v) is 9.11. The number of carbonyl (C=O) groups excluding carboxylic acids is 1. The lowest BCUT2D eigenvalue weighted by Gasteiger charge is -2.09. The molecule has 0 aromatic heterocycles. The van der Waals surface area contributed by atoms with Crippen molar-refractivity contribution in [1.29, 1.82) is 0 Å². The van der Waals surface area contributed by atoms with Gasteiger partial charge in [0.05, 0.1) is 13.2 Å². The number of benzene rings is 2. The second-order valence-corrected chi connectivity index (χ2v) is 6.36. The zero-order valence-corrected chi connectivity index (χ0v) is 15.1. The predicted molar refractivity (Wildman–Crippen MR) is 103 cm³/mol. The number of esters is 1. The number of ether oxygens (including phenoxy) is 2. The Hall–Kier alpha value is -2.29. The molecule has 25 heavy (non-hydrogen) atoms. The molecule has 0 spiro atoms. The summed E-state index contributed by atoms with van der Waals surface area (Å²) in [5, 5.41) is 2.39. The Morgan fingerprint density at radius 2 is 1.52 bits per heavy atom. The summed E-state index contributed by atoms with van der Waals surface area (Å²) in [7, 11) is 0. The average Bonchev–Trinajstić information content (AvgIpc) is 2.63. The van der Waals surface area contributed by atoms with Crippen LogP contribution >= 0.6 is 0 Å². The molecule has 0 saturated heterocycles. The van der Waals surface area contributed by atoms with Crippen molar-refractivity contribution in [1.82, 2.24) is 0 Å². The van der Waals surface area contributed by atoms with Crippen LogP contribution in [0.4, 0.5) is 0 Å². The standard InChI is InChI=1S/C22H28O3/c1-18(2)22(23)25-17-10-6-4-3-5-9-16-24-21-15-11-13-19-12-7-8-14-20(19)21/h7-8,11-15H,1,3-6,9-10,16-17H2,2H3. The molecule has 0 heterocycles. The lowest BCUT2D eigenvalue weighted by Crippen LogP contribution is -2.06. The van der Waals surface area contributed by atoms with Crippen molar-refractivity contribution in [2.75, 3.05) is 13.2 Å². The third-order valence-electron chi connectivity index (χ3n) is 4.13. The minimum atomic E-state index is -0.286. The second kappa shape index (κ2) is 10.5. The van der Waals surface area contributed by atoms with Crippen molar-refractivity contribution in [2.24, 2.45) is 0 Å². The molecule has 0 unspecified atom stereocenters. The summed E-state index contributed by atoms with van der Waals surface area (Å²) in [5.41, 5.74) is 0.464. The molecule has 0 N–H and O–H groups in total. The molecular formula is C22H28O3. The van der Waals surface area contributed by atoms with Gasteiger partial charge in [-0.15, -0.1) is 0 Å².